The lowest BCUT2D eigenvalue weighted by molar-refractivity contribution is 0.0844. The molecule has 0 atom stereocenters. The molecule has 4 nitrogen and oxygen atoms in total. The summed E-state index contributed by atoms with van der Waals surface area (Å²) in [5.41, 5.74) is 8.00. The van der Waals surface area contributed by atoms with Crippen molar-refractivity contribution in [3.05, 3.63) is 17.5 Å². The van der Waals surface area contributed by atoms with Crippen LogP contribution in [0.15, 0.2) is 6.07 Å². The zero-order valence-electron chi connectivity index (χ0n) is 9.28. The Hall–Kier alpha value is -0.870. The van der Waals surface area contributed by atoms with Crippen LogP contribution in [-0.4, -0.2) is 29.5 Å². The minimum atomic E-state index is 0.580. The molecule has 4 heteroatoms. The van der Waals surface area contributed by atoms with Gasteiger partial charge in [-0.2, -0.15) is 5.10 Å². The van der Waals surface area contributed by atoms with Crippen LogP contribution >= 0.6 is 0 Å². The van der Waals surface area contributed by atoms with E-state index in [2.05, 4.69) is 11.2 Å². The first-order valence-corrected chi connectivity index (χ1v) is 5.62. The Kier molecular flexibility index (Phi) is 3.38. The molecule has 2 N–H and O–H groups in total. The fraction of sp³-hybridized carbons (Fsp3) is 0.727. The highest BCUT2D eigenvalue weighted by molar-refractivity contribution is 5.15. The van der Waals surface area contributed by atoms with Crippen LogP contribution in [0.4, 0.5) is 0 Å². The van der Waals surface area contributed by atoms with Crippen molar-refractivity contribution < 1.29 is 4.74 Å². The molecule has 0 radical (unpaired) electrons. The molecule has 2 rings (SSSR count). The fourth-order valence-corrected chi connectivity index (χ4v) is 2.11. The molecule has 0 saturated carbocycles. The summed E-state index contributed by atoms with van der Waals surface area (Å²) in [6, 6.07) is 2.20. The van der Waals surface area contributed by atoms with E-state index in [9.17, 15) is 0 Å². The highest BCUT2D eigenvalue weighted by Gasteiger charge is 2.19. The van der Waals surface area contributed by atoms with Crippen molar-refractivity contribution in [2.75, 3.05) is 19.8 Å². The smallest absolute Gasteiger partial charge is 0.0660 e. The van der Waals surface area contributed by atoms with Crippen molar-refractivity contribution in [2.24, 2.45) is 12.8 Å². The van der Waals surface area contributed by atoms with Crippen LogP contribution in [0.5, 0.6) is 0 Å². The van der Waals surface area contributed by atoms with E-state index in [-0.39, 0.29) is 0 Å². The normalized spacial score (nSPS) is 18.3. The van der Waals surface area contributed by atoms with Crippen LogP contribution in [0.2, 0.25) is 0 Å². The number of nitrogens with two attached hydrogens (primary N) is 1. The van der Waals surface area contributed by atoms with Gasteiger partial charge >= 0.3 is 0 Å². The Labute approximate surface area is 90.4 Å². The number of aromatic nitrogens is 2. The number of hydrogen-bond acceptors (Lipinski definition) is 3. The molecular weight excluding hydrogens is 190 g/mol. The molecule has 0 spiro atoms. The van der Waals surface area contributed by atoms with Gasteiger partial charge in [-0.1, -0.05) is 0 Å². The van der Waals surface area contributed by atoms with Gasteiger partial charge in [0.25, 0.3) is 0 Å². The van der Waals surface area contributed by atoms with Gasteiger partial charge in [0.1, 0.15) is 0 Å². The monoisotopic (exact) mass is 209 g/mol. The third-order valence-electron chi connectivity index (χ3n) is 3.04. The summed E-state index contributed by atoms with van der Waals surface area (Å²) in [5, 5.41) is 4.56. The van der Waals surface area contributed by atoms with E-state index in [0.717, 1.165) is 32.5 Å². The van der Waals surface area contributed by atoms with E-state index in [1.165, 1.54) is 11.4 Å². The standard InChI is InChI=1S/C11H19N3O/c1-14-10(2-5-12)8-11(13-14)9-3-6-15-7-4-9/h8-9H,2-7,12H2,1H3. The predicted octanol–water partition coefficient (Wildman–Crippen LogP) is 0.815. The molecule has 0 aliphatic carbocycles. The zero-order chi connectivity index (χ0) is 10.7. The van der Waals surface area contributed by atoms with Gasteiger partial charge in [-0.05, 0) is 25.5 Å². The summed E-state index contributed by atoms with van der Waals surface area (Å²) in [7, 11) is 1.99. The average Bonchev–Trinajstić information content (AvgIpc) is 2.63. The van der Waals surface area contributed by atoms with Gasteiger partial charge in [0, 0.05) is 38.3 Å². The molecule has 84 valence electrons. The van der Waals surface area contributed by atoms with Gasteiger partial charge < -0.3 is 10.5 Å². The van der Waals surface area contributed by atoms with Crippen LogP contribution in [0.3, 0.4) is 0 Å². The quantitative estimate of drug-likeness (QED) is 0.801. The Morgan fingerprint density at radius 1 is 1.53 bits per heavy atom. The Morgan fingerprint density at radius 2 is 2.27 bits per heavy atom. The Morgan fingerprint density at radius 3 is 2.93 bits per heavy atom. The highest BCUT2D eigenvalue weighted by Crippen LogP contribution is 2.26. The summed E-state index contributed by atoms with van der Waals surface area (Å²) >= 11 is 0. The maximum absolute atomic E-state index is 5.56. The third-order valence-corrected chi connectivity index (χ3v) is 3.04. The number of nitrogens with zero attached hydrogens (tertiary/aromatic N) is 2. The maximum atomic E-state index is 5.56. The van der Waals surface area contributed by atoms with E-state index in [1.807, 2.05) is 11.7 Å². The molecule has 15 heavy (non-hydrogen) atoms. The van der Waals surface area contributed by atoms with Gasteiger partial charge in [0.2, 0.25) is 0 Å². The van der Waals surface area contributed by atoms with E-state index in [1.54, 1.807) is 0 Å². The van der Waals surface area contributed by atoms with Crippen molar-refractivity contribution in [2.45, 2.75) is 25.2 Å². The number of aryl methyl sites for hydroxylation is 1. The largest absolute Gasteiger partial charge is 0.381 e. The zero-order valence-corrected chi connectivity index (χ0v) is 9.28. The summed E-state index contributed by atoms with van der Waals surface area (Å²) < 4.78 is 7.31. The first-order chi connectivity index (χ1) is 7.31. The topological polar surface area (TPSA) is 53.1 Å². The second-order valence-corrected chi connectivity index (χ2v) is 4.11. The minimum absolute atomic E-state index is 0.580. The average molecular weight is 209 g/mol. The van der Waals surface area contributed by atoms with E-state index in [0.29, 0.717) is 12.5 Å². The molecule has 0 amide bonds. The second-order valence-electron chi connectivity index (χ2n) is 4.11. The van der Waals surface area contributed by atoms with Gasteiger partial charge in [0.05, 0.1) is 5.69 Å². The first kappa shape index (κ1) is 10.6. The van der Waals surface area contributed by atoms with Crippen LogP contribution in [0, 0.1) is 0 Å². The van der Waals surface area contributed by atoms with Gasteiger partial charge in [-0.15, -0.1) is 0 Å². The number of rotatable bonds is 3. The van der Waals surface area contributed by atoms with Gasteiger partial charge in [-0.3, -0.25) is 4.68 Å². The van der Waals surface area contributed by atoms with E-state index in [4.69, 9.17) is 10.5 Å². The molecule has 1 aliphatic rings. The molecule has 1 aromatic rings. The molecule has 2 heterocycles. The fourth-order valence-electron chi connectivity index (χ4n) is 2.11. The third kappa shape index (κ3) is 2.38. The van der Waals surface area contributed by atoms with Crippen molar-refractivity contribution in [3.8, 4) is 0 Å². The van der Waals surface area contributed by atoms with Gasteiger partial charge in [0.15, 0.2) is 0 Å². The molecule has 1 aliphatic heterocycles. The van der Waals surface area contributed by atoms with E-state index >= 15 is 0 Å². The van der Waals surface area contributed by atoms with E-state index < -0.39 is 0 Å². The molecule has 0 unspecified atom stereocenters. The molecule has 0 aromatic carbocycles. The van der Waals surface area contributed by atoms with Crippen LogP contribution in [0.1, 0.15) is 30.1 Å². The van der Waals surface area contributed by atoms with Crippen molar-refractivity contribution in [1.29, 1.82) is 0 Å². The SMILES string of the molecule is Cn1nc(C2CCOCC2)cc1CCN. The highest BCUT2D eigenvalue weighted by atomic mass is 16.5. The molecule has 1 aromatic heterocycles. The lowest BCUT2D eigenvalue weighted by atomic mass is 9.96. The van der Waals surface area contributed by atoms with Crippen LogP contribution in [-0.2, 0) is 18.2 Å². The lowest BCUT2D eigenvalue weighted by Crippen LogP contribution is -2.14. The second kappa shape index (κ2) is 4.77. The molecule has 0 bridgehead atoms. The molecular formula is C11H19N3O. The summed E-state index contributed by atoms with van der Waals surface area (Å²) in [6.45, 7) is 2.42. The van der Waals surface area contributed by atoms with Crippen molar-refractivity contribution >= 4 is 0 Å². The van der Waals surface area contributed by atoms with Gasteiger partial charge in [-0.25, -0.2) is 0 Å². The predicted molar refractivity (Wildman–Crippen MR) is 58.8 cm³/mol. The van der Waals surface area contributed by atoms with Crippen LogP contribution < -0.4 is 5.73 Å². The minimum Gasteiger partial charge on any atom is -0.381 e. The number of ether oxygens (including phenoxy) is 1. The number of hydrogen-bond donors (Lipinski definition) is 1. The lowest BCUT2D eigenvalue weighted by Gasteiger charge is -2.19. The summed E-state index contributed by atoms with van der Waals surface area (Å²) in [4.78, 5) is 0. The van der Waals surface area contributed by atoms with Crippen LogP contribution in [0.25, 0.3) is 0 Å². The Bertz CT molecular complexity index is 316. The first-order valence-electron chi connectivity index (χ1n) is 5.62. The molecule has 1 saturated heterocycles. The summed E-state index contributed by atoms with van der Waals surface area (Å²) in [5.74, 6) is 0.580. The molecule has 1 fully saturated rings. The maximum Gasteiger partial charge on any atom is 0.0660 e. The Balaban J connectivity index is 2.10. The summed E-state index contributed by atoms with van der Waals surface area (Å²) in [6.07, 6.45) is 3.10. The van der Waals surface area contributed by atoms with Crippen molar-refractivity contribution in [3.63, 3.8) is 0 Å². The van der Waals surface area contributed by atoms with Crippen molar-refractivity contribution in [1.82, 2.24) is 9.78 Å².